The van der Waals surface area contributed by atoms with Crippen molar-refractivity contribution >= 4 is 29.1 Å². The van der Waals surface area contributed by atoms with Gasteiger partial charge in [0, 0.05) is 17.3 Å². The Bertz CT molecular complexity index is 820. The Morgan fingerprint density at radius 1 is 1.04 bits per heavy atom. The average molecular weight is 354 g/mol. The minimum absolute atomic E-state index is 0.469. The van der Waals surface area contributed by atoms with E-state index in [2.05, 4.69) is 50.9 Å². The van der Waals surface area contributed by atoms with Gasteiger partial charge in [-0.2, -0.15) is 10.1 Å². The van der Waals surface area contributed by atoms with Crippen molar-refractivity contribution in [1.29, 1.82) is 0 Å². The number of halogens is 1. The van der Waals surface area contributed by atoms with E-state index in [0.717, 1.165) is 30.1 Å². The Hall–Kier alpha value is -2.66. The van der Waals surface area contributed by atoms with Gasteiger partial charge < -0.3 is 10.6 Å². The van der Waals surface area contributed by atoms with Gasteiger partial charge in [-0.3, -0.25) is 0 Å². The highest BCUT2D eigenvalue weighted by Crippen LogP contribution is 2.15. The quantitative estimate of drug-likeness (QED) is 0.655. The molecule has 3 rings (SSSR count). The second-order valence-corrected chi connectivity index (χ2v) is 6.08. The molecule has 5 nitrogen and oxygen atoms in total. The molecule has 0 unspecified atom stereocenters. The number of nitrogens with zero attached hydrogens (tertiary/aromatic N) is 3. The number of nitrogens with one attached hydrogen (secondary N) is 2. The lowest BCUT2D eigenvalue weighted by Crippen LogP contribution is -2.08. The number of hydrogen-bond donors (Lipinski definition) is 2. The molecule has 0 aliphatic heterocycles. The minimum atomic E-state index is 0.469. The first-order valence-electron chi connectivity index (χ1n) is 8.27. The van der Waals surface area contributed by atoms with Crippen LogP contribution in [-0.4, -0.2) is 21.7 Å². The molecule has 0 fully saturated rings. The van der Waals surface area contributed by atoms with Crippen molar-refractivity contribution in [2.45, 2.75) is 19.8 Å². The van der Waals surface area contributed by atoms with E-state index >= 15 is 0 Å². The first-order chi connectivity index (χ1) is 12.2. The van der Waals surface area contributed by atoms with Crippen LogP contribution in [0.25, 0.3) is 0 Å². The molecule has 6 heteroatoms. The SMILES string of the molecule is CCc1ccc(Nc2nncc(NCCc3cccc(Cl)c3)n2)cc1. The molecule has 128 valence electrons. The molecule has 0 amide bonds. The summed E-state index contributed by atoms with van der Waals surface area (Å²) in [4.78, 5) is 4.44. The maximum Gasteiger partial charge on any atom is 0.249 e. The van der Waals surface area contributed by atoms with Crippen molar-refractivity contribution in [1.82, 2.24) is 15.2 Å². The van der Waals surface area contributed by atoms with Crippen LogP contribution in [-0.2, 0) is 12.8 Å². The average Bonchev–Trinajstić information content (AvgIpc) is 2.63. The number of hydrogen-bond acceptors (Lipinski definition) is 5. The van der Waals surface area contributed by atoms with E-state index < -0.39 is 0 Å². The fraction of sp³-hybridized carbons (Fsp3) is 0.211. The molecule has 1 heterocycles. The molecule has 0 atom stereocenters. The highest BCUT2D eigenvalue weighted by atomic mass is 35.5. The molecule has 1 aromatic heterocycles. The summed E-state index contributed by atoms with van der Waals surface area (Å²) in [6, 6.07) is 16.1. The molecule has 0 aliphatic carbocycles. The monoisotopic (exact) mass is 353 g/mol. The number of anilines is 3. The van der Waals surface area contributed by atoms with E-state index in [1.54, 1.807) is 6.20 Å². The van der Waals surface area contributed by atoms with Gasteiger partial charge in [0.25, 0.3) is 0 Å². The van der Waals surface area contributed by atoms with Crippen molar-refractivity contribution < 1.29 is 0 Å². The number of benzene rings is 2. The summed E-state index contributed by atoms with van der Waals surface area (Å²) in [5, 5.41) is 15.2. The third-order valence-electron chi connectivity index (χ3n) is 3.79. The highest BCUT2D eigenvalue weighted by molar-refractivity contribution is 6.30. The van der Waals surface area contributed by atoms with Gasteiger partial charge in [0.15, 0.2) is 5.82 Å². The smallest absolute Gasteiger partial charge is 0.249 e. The van der Waals surface area contributed by atoms with Crippen LogP contribution in [0.1, 0.15) is 18.1 Å². The molecule has 0 bridgehead atoms. The molecule has 0 spiro atoms. The van der Waals surface area contributed by atoms with Gasteiger partial charge in [-0.25, -0.2) is 0 Å². The van der Waals surface area contributed by atoms with Gasteiger partial charge in [0.1, 0.15) is 0 Å². The zero-order valence-corrected chi connectivity index (χ0v) is 14.8. The number of rotatable bonds is 7. The van der Waals surface area contributed by atoms with Gasteiger partial charge in [0.2, 0.25) is 5.95 Å². The van der Waals surface area contributed by atoms with Crippen molar-refractivity contribution in [2.24, 2.45) is 0 Å². The van der Waals surface area contributed by atoms with Crippen LogP contribution in [0.15, 0.2) is 54.7 Å². The van der Waals surface area contributed by atoms with Gasteiger partial charge >= 0.3 is 0 Å². The maximum absolute atomic E-state index is 6.00. The Morgan fingerprint density at radius 2 is 1.88 bits per heavy atom. The minimum Gasteiger partial charge on any atom is -0.368 e. The summed E-state index contributed by atoms with van der Waals surface area (Å²) >= 11 is 6.00. The zero-order valence-electron chi connectivity index (χ0n) is 14.0. The third-order valence-corrected chi connectivity index (χ3v) is 4.02. The molecule has 25 heavy (non-hydrogen) atoms. The molecule has 2 aromatic carbocycles. The van der Waals surface area contributed by atoms with Crippen molar-refractivity contribution in [2.75, 3.05) is 17.2 Å². The summed E-state index contributed by atoms with van der Waals surface area (Å²) in [5.74, 6) is 1.15. The lowest BCUT2D eigenvalue weighted by Gasteiger charge is -2.08. The van der Waals surface area contributed by atoms with Crippen LogP contribution < -0.4 is 10.6 Å². The largest absolute Gasteiger partial charge is 0.368 e. The summed E-state index contributed by atoms with van der Waals surface area (Å²) in [6.07, 6.45) is 3.49. The summed E-state index contributed by atoms with van der Waals surface area (Å²) in [6.45, 7) is 2.87. The Morgan fingerprint density at radius 3 is 2.64 bits per heavy atom. The first kappa shape index (κ1) is 17.2. The maximum atomic E-state index is 6.00. The Balaban J connectivity index is 1.57. The van der Waals surface area contributed by atoms with Crippen LogP contribution >= 0.6 is 11.6 Å². The molecule has 3 aromatic rings. The fourth-order valence-electron chi connectivity index (χ4n) is 2.42. The van der Waals surface area contributed by atoms with Crippen LogP contribution in [0.4, 0.5) is 17.5 Å². The van der Waals surface area contributed by atoms with E-state index in [1.807, 2.05) is 30.3 Å². The third kappa shape index (κ3) is 5.16. The standard InChI is InChI=1S/C19H20ClN5/c1-2-14-6-8-17(9-7-14)23-19-24-18(13-22-25-19)21-11-10-15-4-3-5-16(20)12-15/h3-9,12-13H,2,10-11H2,1H3,(H2,21,23,24,25). The van der Waals surface area contributed by atoms with Gasteiger partial charge in [-0.05, 0) is 48.2 Å². The molecular weight excluding hydrogens is 334 g/mol. The Kier molecular flexibility index (Phi) is 5.80. The van der Waals surface area contributed by atoms with Gasteiger partial charge in [0.05, 0.1) is 6.20 Å². The zero-order chi connectivity index (χ0) is 17.5. The normalized spacial score (nSPS) is 10.5. The molecule has 0 saturated carbocycles. The Labute approximate surface area is 152 Å². The van der Waals surface area contributed by atoms with E-state index in [1.165, 1.54) is 11.1 Å². The van der Waals surface area contributed by atoms with Crippen LogP contribution in [0, 0.1) is 0 Å². The van der Waals surface area contributed by atoms with E-state index in [0.29, 0.717) is 11.8 Å². The molecular formula is C19H20ClN5. The van der Waals surface area contributed by atoms with Crippen molar-refractivity contribution in [3.63, 3.8) is 0 Å². The van der Waals surface area contributed by atoms with E-state index in [4.69, 9.17) is 11.6 Å². The van der Waals surface area contributed by atoms with Gasteiger partial charge in [-0.15, -0.1) is 5.10 Å². The number of aromatic nitrogens is 3. The molecule has 0 aliphatic rings. The van der Waals surface area contributed by atoms with Crippen LogP contribution in [0.5, 0.6) is 0 Å². The van der Waals surface area contributed by atoms with Gasteiger partial charge in [-0.1, -0.05) is 42.8 Å². The molecule has 0 saturated heterocycles. The second-order valence-electron chi connectivity index (χ2n) is 5.65. The number of aryl methyl sites for hydroxylation is 1. The summed E-state index contributed by atoms with van der Waals surface area (Å²) in [7, 11) is 0. The predicted octanol–water partition coefficient (Wildman–Crippen LogP) is 4.49. The predicted molar refractivity (Wildman–Crippen MR) is 103 cm³/mol. The fourth-order valence-corrected chi connectivity index (χ4v) is 2.63. The van der Waals surface area contributed by atoms with E-state index in [9.17, 15) is 0 Å². The molecule has 0 radical (unpaired) electrons. The van der Waals surface area contributed by atoms with Crippen molar-refractivity contribution in [3.8, 4) is 0 Å². The lowest BCUT2D eigenvalue weighted by molar-refractivity contribution is 0.950. The first-order valence-corrected chi connectivity index (χ1v) is 8.65. The van der Waals surface area contributed by atoms with E-state index in [-0.39, 0.29) is 0 Å². The van der Waals surface area contributed by atoms with Crippen LogP contribution in [0.3, 0.4) is 0 Å². The summed E-state index contributed by atoms with van der Waals surface area (Å²) in [5.41, 5.74) is 3.41. The summed E-state index contributed by atoms with van der Waals surface area (Å²) < 4.78 is 0. The molecule has 2 N–H and O–H groups in total. The van der Waals surface area contributed by atoms with Crippen LogP contribution in [0.2, 0.25) is 5.02 Å². The van der Waals surface area contributed by atoms with Crippen molar-refractivity contribution in [3.05, 3.63) is 70.9 Å². The topological polar surface area (TPSA) is 62.7 Å². The second kappa shape index (κ2) is 8.44. The highest BCUT2D eigenvalue weighted by Gasteiger charge is 2.02. The lowest BCUT2D eigenvalue weighted by atomic mass is 10.1.